The quantitative estimate of drug-likeness (QED) is 0.760. The maximum absolute atomic E-state index is 11.1. The summed E-state index contributed by atoms with van der Waals surface area (Å²) in [4.78, 5) is 16.1. The Bertz CT molecular complexity index is 269. The molecule has 4 heteroatoms. The van der Waals surface area contributed by atoms with Gasteiger partial charge in [0, 0.05) is 32.1 Å². The lowest BCUT2D eigenvalue weighted by Crippen LogP contribution is -2.38. The molecule has 2 aliphatic rings. The van der Waals surface area contributed by atoms with Crippen LogP contribution in [0, 0.1) is 5.92 Å². The number of carbonyl (C=O) groups is 1. The number of carbonyl (C=O) groups excluding carboxylic acids is 1. The molecule has 1 amide bonds. The minimum Gasteiger partial charge on any atom is -0.352 e. The first-order valence-corrected chi connectivity index (χ1v) is 6.87. The molecule has 2 fully saturated rings. The topological polar surface area (TPSA) is 35.6 Å². The van der Waals surface area contributed by atoms with Gasteiger partial charge in [0.05, 0.1) is 0 Å². The average Bonchev–Trinajstić information content (AvgIpc) is 2.89. The highest BCUT2D eigenvalue weighted by molar-refractivity contribution is 5.78. The van der Waals surface area contributed by atoms with Crippen LogP contribution in [0.3, 0.4) is 0 Å². The van der Waals surface area contributed by atoms with Crippen LogP contribution in [-0.4, -0.2) is 61.5 Å². The van der Waals surface area contributed by atoms with E-state index >= 15 is 0 Å². The lowest BCUT2D eigenvalue weighted by Gasteiger charge is -2.22. The van der Waals surface area contributed by atoms with E-state index < -0.39 is 0 Å². The molecule has 0 aromatic heterocycles. The summed E-state index contributed by atoms with van der Waals surface area (Å²) in [5, 5.41) is 3.06. The van der Waals surface area contributed by atoms with E-state index in [4.69, 9.17) is 0 Å². The minimum atomic E-state index is 0.233. The monoisotopic (exact) mass is 239 g/mol. The molecule has 2 unspecified atom stereocenters. The molecule has 0 aromatic rings. The Kier molecular flexibility index (Phi) is 4.40. The molecular formula is C13H25N3O. The van der Waals surface area contributed by atoms with Crippen molar-refractivity contribution in [2.24, 2.45) is 5.92 Å². The second-order valence-corrected chi connectivity index (χ2v) is 5.57. The van der Waals surface area contributed by atoms with Gasteiger partial charge in [-0.1, -0.05) is 6.92 Å². The number of likely N-dealkylation sites (tertiary alicyclic amines) is 1. The second kappa shape index (κ2) is 5.83. The smallest absolute Gasteiger partial charge is 0.220 e. The van der Waals surface area contributed by atoms with E-state index in [9.17, 15) is 4.79 Å². The molecule has 98 valence electrons. The van der Waals surface area contributed by atoms with Crippen molar-refractivity contribution < 1.29 is 4.79 Å². The van der Waals surface area contributed by atoms with Crippen LogP contribution in [0.4, 0.5) is 0 Å². The summed E-state index contributed by atoms with van der Waals surface area (Å²) in [7, 11) is 2.19. The molecule has 0 spiro atoms. The zero-order valence-corrected chi connectivity index (χ0v) is 11.1. The summed E-state index contributed by atoms with van der Waals surface area (Å²) in [6.07, 6.45) is 3.06. The lowest BCUT2D eigenvalue weighted by atomic mass is 10.1. The van der Waals surface area contributed by atoms with Crippen molar-refractivity contribution in [3.05, 3.63) is 0 Å². The van der Waals surface area contributed by atoms with Crippen molar-refractivity contribution in [3.8, 4) is 0 Å². The van der Waals surface area contributed by atoms with Crippen molar-refractivity contribution in [3.63, 3.8) is 0 Å². The molecule has 0 radical (unpaired) electrons. The van der Waals surface area contributed by atoms with Gasteiger partial charge in [0.1, 0.15) is 0 Å². The van der Waals surface area contributed by atoms with Gasteiger partial charge in [-0.3, -0.25) is 4.79 Å². The fraction of sp³-hybridized carbons (Fsp3) is 0.923. The molecule has 17 heavy (non-hydrogen) atoms. The fourth-order valence-corrected chi connectivity index (χ4v) is 2.92. The number of hydrogen-bond donors (Lipinski definition) is 1. The van der Waals surface area contributed by atoms with Gasteiger partial charge in [-0.05, 0) is 38.9 Å². The van der Waals surface area contributed by atoms with E-state index in [-0.39, 0.29) is 5.91 Å². The summed E-state index contributed by atoms with van der Waals surface area (Å²) < 4.78 is 0. The van der Waals surface area contributed by atoms with Crippen molar-refractivity contribution >= 4 is 5.91 Å². The summed E-state index contributed by atoms with van der Waals surface area (Å²) >= 11 is 0. The van der Waals surface area contributed by atoms with Gasteiger partial charge >= 0.3 is 0 Å². The zero-order valence-electron chi connectivity index (χ0n) is 11.1. The van der Waals surface area contributed by atoms with E-state index in [0.29, 0.717) is 6.04 Å². The summed E-state index contributed by atoms with van der Waals surface area (Å²) in [6.45, 7) is 8.02. The van der Waals surface area contributed by atoms with Gasteiger partial charge in [-0.15, -0.1) is 0 Å². The molecule has 1 N–H and O–H groups in total. The van der Waals surface area contributed by atoms with Gasteiger partial charge in [0.15, 0.2) is 0 Å². The molecule has 2 rings (SSSR count). The highest BCUT2D eigenvalue weighted by atomic mass is 16.1. The Morgan fingerprint density at radius 2 is 2.29 bits per heavy atom. The van der Waals surface area contributed by atoms with E-state index in [1.807, 2.05) is 0 Å². The zero-order chi connectivity index (χ0) is 12.3. The molecule has 0 saturated carbocycles. The Morgan fingerprint density at radius 1 is 1.47 bits per heavy atom. The summed E-state index contributed by atoms with van der Waals surface area (Å²) in [6, 6.07) is 0.408. The first-order valence-electron chi connectivity index (χ1n) is 6.87. The Morgan fingerprint density at radius 3 is 2.94 bits per heavy atom. The summed E-state index contributed by atoms with van der Waals surface area (Å²) in [5.74, 6) is 1.05. The van der Waals surface area contributed by atoms with E-state index in [0.717, 1.165) is 31.8 Å². The lowest BCUT2D eigenvalue weighted by molar-refractivity contribution is -0.119. The van der Waals surface area contributed by atoms with Gasteiger partial charge in [-0.2, -0.15) is 0 Å². The van der Waals surface area contributed by atoms with E-state index in [2.05, 4.69) is 29.1 Å². The third-order valence-electron chi connectivity index (χ3n) is 4.04. The first-order chi connectivity index (χ1) is 8.17. The van der Waals surface area contributed by atoms with Gasteiger partial charge < -0.3 is 15.1 Å². The molecular weight excluding hydrogens is 214 g/mol. The number of amides is 1. The third kappa shape index (κ3) is 3.68. The molecule has 2 saturated heterocycles. The van der Waals surface area contributed by atoms with Crippen LogP contribution in [0.5, 0.6) is 0 Å². The molecule has 2 atom stereocenters. The van der Waals surface area contributed by atoms with Gasteiger partial charge in [0.25, 0.3) is 0 Å². The molecule has 4 nitrogen and oxygen atoms in total. The first kappa shape index (κ1) is 12.8. The van der Waals surface area contributed by atoms with E-state index in [1.54, 1.807) is 0 Å². The van der Waals surface area contributed by atoms with Crippen LogP contribution >= 0.6 is 0 Å². The number of hydrogen-bond acceptors (Lipinski definition) is 3. The molecule has 2 aliphatic heterocycles. The minimum absolute atomic E-state index is 0.233. The Balaban J connectivity index is 1.69. The largest absolute Gasteiger partial charge is 0.352 e. The number of rotatable bonds is 5. The highest BCUT2D eigenvalue weighted by Crippen LogP contribution is 2.19. The standard InChI is InChI=1S/C13H25N3O/c1-3-15(2)8-11-6-7-16(9-11)10-12-4-5-13(17)14-12/h11-12H,3-10H2,1-2H3,(H,14,17). The van der Waals surface area contributed by atoms with Crippen molar-refractivity contribution in [1.82, 2.24) is 15.1 Å². The Hall–Kier alpha value is -0.610. The SMILES string of the molecule is CCN(C)CC1CCN(CC2CCC(=O)N2)C1. The van der Waals surface area contributed by atoms with Crippen LogP contribution in [0.25, 0.3) is 0 Å². The predicted molar refractivity (Wildman–Crippen MR) is 68.9 cm³/mol. The number of nitrogens with one attached hydrogen (secondary N) is 1. The molecule has 2 heterocycles. The van der Waals surface area contributed by atoms with Crippen molar-refractivity contribution in [1.29, 1.82) is 0 Å². The van der Waals surface area contributed by atoms with Gasteiger partial charge in [0.2, 0.25) is 5.91 Å². The Labute approximate surface area is 104 Å². The normalized spacial score (nSPS) is 30.2. The van der Waals surface area contributed by atoms with Crippen LogP contribution in [0.2, 0.25) is 0 Å². The van der Waals surface area contributed by atoms with E-state index in [1.165, 1.54) is 26.1 Å². The molecule has 0 bridgehead atoms. The van der Waals surface area contributed by atoms with Crippen molar-refractivity contribution in [2.75, 3.05) is 39.8 Å². The van der Waals surface area contributed by atoms with Crippen LogP contribution in [-0.2, 0) is 4.79 Å². The van der Waals surface area contributed by atoms with Gasteiger partial charge in [-0.25, -0.2) is 0 Å². The molecule has 0 aromatic carbocycles. The maximum atomic E-state index is 11.1. The maximum Gasteiger partial charge on any atom is 0.220 e. The third-order valence-corrected chi connectivity index (χ3v) is 4.04. The predicted octanol–water partition coefficient (Wildman–Crippen LogP) is 0.539. The van der Waals surface area contributed by atoms with Crippen LogP contribution in [0.15, 0.2) is 0 Å². The number of nitrogens with zero attached hydrogens (tertiary/aromatic N) is 2. The molecule has 0 aliphatic carbocycles. The fourth-order valence-electron chi connectivity index (χ4n) is 2.92. The second-order valence-electron chi connectivity index (χ2n) is 5.57. The van der Waals surface area contributed by atoms with Crippen molar-refractivity contribution in [2.45, 2.75) is 32.2 Å². The average molecular weight is 239 g/mol. The van der Waals surface area contributed by atoms with Crippen LogP contribution in [0.1, 0.15) is 26.2 Å². The van der Waals surface area contributed by atoms with Crippen LogP contribution < -0.4 is 5.32 Å². The highest BCUT2D eigenvalue weighted by Gasteiger charge is 2.28. The summed E-state index contributed by atoms with van der Waals surface area (Å²) in [5.41, 5.74) is 0.